The Hall–Kier alpha value is -2.97. The molecule has 0 aliphatic heterocycles. The Labute approximate surface area is 170 Å². The maximum atomic E-state index is 13.2. The highest BCUT2D eigenvalue weighted by molar-refractivity contribution is 5.94. The fourth-order valence-corrected chi connectivity index (χ4v) is 4.48. The molecule has 2 bridgehead atoms. The van der Waals surface area contributed by atoms with Gasteiger partial charge < -0.3 is 10.1 Å². The third kappa shape index (κ3) is 3.88. The maximum Gasteiger partial charge on any atom is 0.258 e. The third-order valence-electron chi connectivity index (χ3n) is 5.71. The Morgan fingerprint density at radius 3 is 2.50 bits per heavy atom. The predicted octanol–water partition coefficient (Wildman–Crippen LogP) is 3.48. The van der Waals surface area contributed by atoms with E-state index in [0.717, 1.165) is 12.1 Å². The first-order chi connectivity index (χ1) is 14.2. The molecule has 1 aromatic heterocycles. The second kappa shape index (κ2) is 7.37. The summed E-state index contributed by atoms with van der Waals surface area (Å²) in [6.45, 7) is 1.04. The highest BCUT2D eigenvalue weighted by Gasteiger charge is 2.68. The molecule has 0 spiro atoms. The lowest BCUT2D eigenvalue weighted by Gasteiger charge is -2.70. The predicted molar refractivity (Wildman–Crippen MR) is 99.5 cm³/mol. The SMILES string of the molecule is CC(F)c1cnc(C(=O)CC23CC(NC(=O)COc4ccc(F)c(F)c4)(C2)C3)cn1. The van der Waals surface area contributed by atoms with Crippen molar-refractivity contribution >= 4 is 11.7 Å². The van der Waals surface area contributed by atoms with E-state index >= 15 is 0 Å². The highest BCUT2D eigenvalue weighted by Crippen LogP contribution is 2.69. The fraction of sp³-hybridized carbons (Fsp3) is 0.429. The second-order valence-corrected chi connectivity index (χ2v) is 8.27. The number of amides is 1. The van der Waals surface area contributed by atoms with Crippen LogP contribution in [0.5, 0.6) is 5.75 Å². The molecule has 5 rings (SSSR count). The van der Waals surface area contributed by atoms with Gasteiger partial charge in [-0.3, -0.25) is 14.6 Å². The number of Topliss-reactive ketones (excluding diaryl/α,β-unsaturated/α-hetero) is 1. The third-order valence-corrected chi connectivity index (χ3v) is 5.71. The van der Waals surface area contributed by atoms with Gasteiger partial charge in [0.15, 0.2) is 24.0 Å². The van der Waals surface area contributed by atoms with Crippen molar-refractivity contribution in [1.29, 1.82) is 0 Å². The molecule has 0 radical (unpaired) electrons. The van der Waals surface area contributed by atoms with Gasteiger partial charge in [0.2, 0.25) is 0 Å². The van der Waals surface area contributed by atoms with Crippen LogP contribution < -0.4 is 10.1 Å². The van der Waals surface area contributed by atoms with Crippen molar-refractivity contribution in [2.75, 3.05) is 6.61 Å². The van der Waals surface area contributed by atoms with Crippen molar-refractivity contribution in [3.63, 3.8) is 0 Å². The maximum absolute atomic E-state index is 13.2. The minimum Gasteiger partial charge on any atom is -0.484 e. The number of ketones is 1. The Kier molecular flexibility index (Phi) is 4.99. The summed E-state index contributed by atoms with van der Waals surface area (Å²) in [5.74, 6) is -2.47. The summed E-state index contributed by atoms with van der Waals surface area (Å²) in [5.41, 5.74) is -0.0982. The Bertz CT molecular complexity index is 975. The van der Waals surface area contributed by atoms with Gasteiger partial charge in [-0.25, -0.2) is 18.2 Å². The smallest absolute Gasteiger partial charge is 0.258 e. The van der Waals surface area contributed by atoms with Crippen molar-refractivity contribution in [3.05, 3.63) is 53.6 Å². The summed E-state index contributed by atoms with van der Waals surface area (Å²) >= 11 is 0. The molecule has 1 heterocycles. The van der Waals surface area contributed by atoms with Gasteiger partial charge in [0, 0.05) is 18.0 Å². The van der Waals surface area contributed by atoms with Gasteiger partial charge in [-0.05, 0) is 43.7 Å². The van der Waals surface area contributed by atoms with Gasteiger partial charge in [-0.1, -0.05) is 0 Å². The molecule has 3 saturated carbocycles. The minimum absolute atomic E-state index is 0.0676. The number of ether oxygens (including phenoxy) is 1. The van der Waals surface area contributed by atoms with Crippen LogP contribution in [-0.2, 0) is 4.79 Å². The molecule has 1 amide bonds. The Morgan fingerprint density at radius 1 is 1.17 bits per heavy atom. The zero-order chi connectivity index (χ0) is 21.5. The lowest BCUT2D eigenvalue weighted by Crippen LogP contribution is -2.75. The zero-order valence-corrected chi connectivity index (χ0v) is 16.3. The van der Waals surface area contributed by atoms with E-state index in [0.29, 0.717) is 25.7 Å². The lowest BCUT2D eigenvalue weighted by molar-refractivity contribution is -0.164. The number of rotatable bonds is 8. The summed E-state index contributed by atoms with van der Waals surface area (Å²) in [7, 11) is 0. The van der Waals surface area contributed by atoms with Crippen LogP contribution in [0, 0.1) is 17.0 Å². The number of nitrogens with zero attached hydrogens (tertiary/aromatic N) is 2. The van der Waals surface area contributed by atoms with Crippen molar-refractivity contribution in [1.82, 2.24) is 15.3 Å². The second-order valence-electron chi connectivity index (χ2n) is 8.27. The molecule has 1 unspecified atom stereocenters. The normalized spacial score (nSPS) is 24.9. The number of alkyl halides is 1. The van der Waals surface area contributed by atoms with Crippen LogP contribution in [0.3, 0.4) is 0 Å². The summed E-state index contributed by atoms with van der Waals surface area (Å²) in [6.07, 6.45) is 3.66. The quantitative estimate of drug-likeness (QED) is 0.663. The van der Waals surface area contributed by atoms with Crippen LogP contribution in [0.4, 0.5) is 13.2 Å². The first kappa shape index (κ1) is 20.3. The molecule has 2 aromatic rings. The van der Waals surface area contributed by atoms with Gasteiger partial charge in [-0.2, -0.15) is 0 Å². The number of hydrogen-bond acceptors (Lipinski definition) is 5. The first-order valence-electron chi connectivity index (χ1n) is 9.57. The molecule has 1 atom stereocenters. The molecule has 3 aliphatic rings. The fourth-order valence-electron chi connectivity index (χ4n) is 4.48. The summed E-state index contributed by atoms with van der Waals surface area (Å²) < 4.78 is 44.4. The van der Waals surface area contributed by atoms with E-state index in [1.807, 2.05) is 0 Å². The van der Waals surface area contributed by atoms with Crippen LogP contribution in [0.2, 0.25) is 0 Å². The number of carbonyl (C=O) groups excluding carboxylic acids is 2. The monoisotopic (exact) mass is 419 g/mol. The number of carbonyl (C=O) groups is 2. The number of nitrogens with one attached hydrogen (secondary N) is 1. The molecule has 3 aliphatic carbocycles. The topological polar surface area (TPSA) is 81.2 Å². The van der Waals surface area contributed by atoms with Gasteiger partial charge in [0.25, 0.3) is 5.91 Å². The van der Waals surface area contributed by atoms with E-state index in [9.17, 15) is 22.8 Å². The zero-order valence-electron chi connectivity index (χ0n) is 16.3. The van der Waals surface area contributed by atoms with Gasteiger partial charge >= 0.3 is 0 Å². The van der Waals surface area contributed by atoms with Crippen LogP contribution in [0.15, 0.2) is 30.6 Å². The average Bonchev–Trinajstić information content (AvgIpc) is 2.66. The molecule has 0 saturated heterocycles. The van der Waals surface area contributed by atoms with E-state index in [4.69, 9.17) is 4.74 Å². The molecular formula is C21H20F3N3O3. The van der Waals surface area contributed by atoms with Crippen LogP contribution in [-0.4, -0.2) is 33.8 Å². The van der Waals surface area contributed by atoms with E-state index in [2.05, 4.69) is 15.3 Å². The van der Waals surface area contributed by atoms with E-state index < -0.39 is 17.8 Å². The first-order valence-corrected chi connectivity index (χ1v) is 9.57. The molecule has 9 heteroatoms. The Morgan fingerprint density at radius 2 is 1.90 bits per heavy atom. The summed E-state index contributed by atoms with van der Waals surface area (Å²) in [6, 6.07) is 3.06. The molecule has 158 valence electrons. The number of benzene rings is 1. The van der Waals surface area contributed by atoms with Crippen LogP contribution in [0.1, 0.15) is 55.0 Å². The summed E-state index contributed by atoms with van der Waals surface area (Å²) in [5, 5.41) is 2.90. The Balaban J connectivity index is 1.23. The summed E-state index contributed by atoms with van der Waals surface area (Å²) in [4.78, 5) is 32.5. The van der Waals surface area contributed by atoms with Crippen LogP contribution in [0.25, 0.3) is 0 Å². The highest BCUT2D eigenvalue weighted by atomic mass is 19.2. The molecular weight excluding hydrogens is 399 g/mol. The van der Waals surface area contributed by atoms with E-state index in [-0.39, 0.29) is 46.4 Å². The van der Waals surface area contributed by atoms with Crippen molar-refractivity contribution in [2.45, 2.75) is 44.3 Å². The van der Waals surface area contributed by atoms with E-state index in [1.165, 1.54) is 25.4 Å². The number of aromatic nitrogens is 2. The van der Waals surface area contributed by atoms with E-state index in [1.54, 1.807) is 0 Å². The molecule has 1 aromatic carbocycles. The largest absolute Gasteiger partial charge is 0.484 e. The average molecular weight is 419 g/mol. The molecule has 1 N–H and O–H groups in total. The van der Waals surface area contributed by atoms with Gasteiger partial charge in [0.1, 0.15) is 17.6 Å². The van der Waals surface area contributed by atoms with Gasteiger partial charge in [-0.15, -0.1) is 0 Å². The van der Waals surface area contributed by atoms with Crippen molar-refractivity contribution in [3.8, 4) is 5.75 Å². The molecule has 3 fully saturated rings. The number of halogens is 3. The number of hydrogen-bond donors (Lipinski definition) is 1. The van der Waals surface area contributed by atoms with Crippen molar-refractivity contribution < 1.29 is 27.5 Å². The van der Waals surface area contributed by atoms with Crippen molar-refractivity contribution in [2.24, 2.45) is 5.41 Å². The lowest BCUT2D eigenvalue weighted by atomic mass is 9.38. The van der Waals surface area contributed by atoms with Crippen LogP contribution >= 0.6 is 0 Å². The van der Waals surface area contributed by atoms with Gasteiger partial charge in [0.05, 0.1) is 18.1 Å². The minimum atomic E-state index is -1.24. The molecule has 6 nitrogen and oxygen atoms in total. The molecule has 30 heavy (non-hydrogen) atoms. The standard InChI is InChI=1S/C21H20F3N3O3/c1-12(22)16-6-26-17(7-25-16)18(28)5-20-9-21(10-20,11-20)27-19(29)8-30-13-2-3-14(23)15(24)4-13/h2-4,6-7,12H,5,8-11H2,1H3,(H,27,29).